The number of hydrogen-bond acceptors (Lipinski definition) is 6. The van der Waals surface area contributed by atoms with Gasteiger partial charge < -0.3 is 5.32 Å². The van der Waals surface area contributed by atoms with Gasteiger partial charge >= 0.3 is 0 Å². The van der Waals surface area contributed by atoms with E-state index in [1.165, 1.54) is 0 Å². The highest BCUT2D eigenvalue weighted by Crippen LogP contribution is 2.29. The van der Waals surface area contributed by atoms with Gasteiger partial charge in [0.05, 0.1) is 17.4 Å². The molecule has 102 valence electrons. The first kappa shape index (κ1) is 14.0. The largest absolute Gasteiger partial charge is 0.308 e. The number of rotatable bonds is 5. The lowest BCUT2D eigenvalue weighted by Gasteiger charge is -2.11. The lowest BCUT2D eigenvalue weighted by atomic mass is 10.2. The van der Waals surface area contributed by atoms with Gasteiger partial charge in [-0.25, -0.2) is 0 Å². The van der Waals surface area contributed by atoms with Gasteiger partial charge in [-0.2, -0.15) is 10.2 Å². The lowest BCUT2D eigenvalue weighted by Crippen LogP contribution is -2.19. The summed E-state index contributed by atoms with van der Waals surface area (Å²) in [6.45, 7) is 9.07. The van der Waals surface area contributed by atoms with Gasteiger partial charge in [-0.1, -0.05) is 25.2 Å². The number of nitrogens with one attached hydrogen (secondary N) is 1. The van der Waals surface area contributed by atoms with Crippen LogP contribution in [0.2, 0.25) is 0 Å². The average Bonchev–Trinajstić information content (AvgIpc) is 2.88. The Labute approximate surface area is 117 Å². The maximum atomic E-state index is 4.31. The van der Waals surface area contributed by atoms with Crippen LogP contribution in [0.5, 0.6) is 0 Å². The summed E-state index contributed by atoms with van der Waals surface area (Å²) in [6, 6.07) is 2.30. The molecule has 2 aromatic heterocycles. The fourth-order valence-corrected chi connectivity index (χ4v) is 2.97. The molecule has 6 heteroatoms. The van der Waals surface area contributed by atoms with Crippen LogP contribution in [-0.4, -0.2) is 26.9 Å². The molecule has 1 unspecified atom stereocenters. The van der Waals surface area contributed by atoms with Crippen molar-refractivity contribution in [2.24, 2.45) is 0 Å². The molecule has 0 radical (unpaired) electrons. The fourth-order valence-electron chi connectivity index (χ4n) is 1.90. The number of aromatic nitrogens is 4. The molecule has 0 spiro atoms. The monoisotopic (exact) mass is 277 g/mol. The second kappa shape index (κ2) is 6.16. The van der Waals surface area contributed by atoms with E-state index in [0.29, 0.717) is 0 Å². The standard InChI is InChI=1S/C13H19N5S/c1-5-11(14-6-2)13-18-17-12(19-13)10-7-8(3)15-16-9(10)4/h7,11,14H,5-6H2,1-4H3. The molecule has 2 rings (SSSR count). The molecule has 19 heavy (non-hydrogen) atoms. The summed E-state index contributed by atoms with van der Waals surface area (Å²) in [5, 5.41) is 22.2. The van der Waals surface area contributed by atoms with E-state index in [9.17, 15) is 0 Å². The smallest absolute Gasteiger partial charge is 0.149 e. The van der Waals surface area contributed by atoms with E-state index in [-0.39, 0.29) is 6.04 Å². The van der Waals surface area contributed by atoms with Crippen molar-refractivity contribution in [3.8, 4) is 10.6 Å². The van der Waals surface area contributed by atoms with Crippen LogP contribution < -0.4 is 5.32 Å². The van der Waals surface area contributed by atoms with Crippen molar-refractivity contribution < 1.29 is 0 Å². The molecule has 0 bridgehead atoms. The summed E-state index contributed by atoms with van der Waals surface area (Å²) in [5.74, 6) is 0. The minimum Gasteiger partial charge on any atom is -0.308 e. The predicted octanol–water partition coefficient (Wildman–Crippen LogP) is 2.67. The Morgan fingerprint density at radius 2 is 1.95 bits per heavy atom. The zero-order chi connectivity index (χ0) is 13.8. The molecule has 0 saturated carbocycles. The van der Waals surface area contributed by atoms with Crippen LogP contribution in [-0.2, 0) is 0 Å². The first-order valence-corrected chi connectivity index (χ1v) is 7.35. The molecular formula is C13H19N5S. The van der Waals surface area contributed by atoms with Gasteiger partial charge in [-0.05, 0) is 32.9 Å². The summed E-state index contributed by atoms with van der Waals surface area (Å²) >= 11 is 1.63. The summed E-state index contributed by atoms with van der Waals surface area (Å²) in [7, 11) is 0. The Morgan fingerprint density at radius 3 is 2.63 bits per heavy atom. The second-order valence-corrected chi connectivity index (χ2v) is 5.46. The number of nitrogens with zero attached hydrogens (tertiary/aromatic N) is 4. The van der Waals surface area contributed by atoms with Crippen LogP contribution in [0, 0.1) is 13.8 Å². The van der Waals surface area contributed by atoms with Gasteiger partial charge in [-0.3, -0.25) is 0 Å². The highest BCUT2D eigenvalue weighted by Gasteiger charge is 2.16. The summed E-state index contributed by atoms with van der Waals surface area (Å²) in [5.41, 5.74) is 2.82. The Hall–Kier alpha value is -1.40. The minimum atomic E-state index is 0.285. The Balaban J connectivity index is 2.32. The highest BCUT2D eigenvalue weighted by molar-refractivity contribution is 7.14. The molecule has 0 aliphatic heterocycles. The van der Waals surface area contributed by atoms with Gasteiger partial charge in [-0.15, -0.1) is 10.2 Å². The molecule has 1 N–H and O–H groups in total. The Bertz CT molecular complexity index is 552. The van der Waals surface area contributed by atoms with Crippen molar-refractivity contribution in [1.29, 1.82) is 0 Å². The summed E-state index contributed by atoms with van der Waals surface area (Å²) in [4.78, 5) is 0. The van der Waals surface area contributed by atoms with Gasteiger partial charge in [0.1, 0.15) is 10.0 Å². The van der Waals surface area contributed by atoms with E-state index in [1.54, 1.807) is 11.3 Å². The molecule has 2 heterocycles. The summed E-state index contributed by atoms with van der Waals surface area (Å²) < 4.78 is 0. The molecule has 1 atom stereocenters. The molecular weight excluding hydrogens is 258 g/mol. The Kier molecular flexibility index (Phi) is 4.55. The minimum absolute atomic E-state index is 0.285. The molecule has 0 aromatic carbocycles. The van der Waals surface area contributed by atoms with E-state index in [0.717, 1.165) is 39.9 Å². The van der Waals surface area contributed by atoms with E-state index < -0.39 is 0 Å². The van der Waals surface area contributed by atoms with Crippen LogP contribution in [0.4, 0.5) is 0 Å². The van der Waals surface area contributed by atoms with Crippen molar-refractivity contribution in [2.75, 3.05) is 6.54 Å². The maximum Gasteiger partial charge on any atom is 0.149 e. The zero-order valence-electron chi connectivity index (χ0n) is 11.8. The van der Waals surface area contributed by atoms with E-state index >= 15 is 0 Å². The fraction of sp³-hybridized carbons (Fsp3) is 0.538. The number of aryl methyl sites for hydroxylation is 2. The lowest BCUT2D eigenvalue weighted by molar-refractivity contribution is 0.531. The van der Waals surface area contributed by atoms with Crippen LogP contribution >= 0.6 is 11.3 Å². The maximum absolute atomic E-state index is 4.31. The molecule has 0 fully saturated rings. The summed E-state index contributed by atoms with van der Waals surface area (Å²) in [6.07, 6.45) is 1.01. The van der Waals surface area contributed by atoms with Crippen molar-refractivity contribution >= 4 is 11.3 Å². The van der Waals surface area contributed by atoms with Gasteiger partial charge in [0.2, 0.25) is 0 Å². The van der Waals surface area contributed by atoms with Gasteiger partial charge in [0.25, 0.3) is 0 Å². The van der Waals surface area contributed by atoms with Gasteiger partial charge in [0.15, 0.2) is 0 Å². The Morgan fingerprint density at radius 1 is 1.16 bits per heavy atom. The third-order valence-corrected chi connectivity index (χ3v) is 4.00. The zero-order valence-corrected chi connectivity index (χ0v) is 12.6. The molecule has 0 amide bonds. The third kappa shape index (κ3) is 3.13. The third-order valence-electron chi connectivity index (χ3n) is 2.93. The number of hydrogen-bond donors (Lipinski definition) is 1. The first-order chi connectivity index (χ1) is 9.15. The van der Waals surface area contributed by atoms with E-state index in [4.69, 9.17) is 0 Å². The van der Waals surface area contributed by atoms with E-state index in [2.05, 4.69) is 39.6 Å². The van der Waals surface area contributed by atoms with Crippen molar-refractivity contribution in [3.63, 3.8) is 0 Å². The quantitative estimate of drug-likeness (QED) is 0.910. The SMILES string of the molecule is CCNC(CC)c1nnc(-c2cc(C)nnc2C)s1. The van der Waals surface area contributed by atoms with Crippen molar-refractivity contribution in [2.45, 2.75) is 40.2 Å². The topological polar surface area (TPSA) is 63.6 Å². The van der Waals surface area contributed by atoms with Crippen LogP contribution in [0.25, 0.3) is 10.6 Å². The molecule has 0 aliphatic rings. The normalized spacial score (nSPS) is 12.6. The highest BCUT2D eigenvalue weighted by atomic mass is 32.1. The van der Waals surface area contributed by atoms with Crippen LogP contribution in [0.15, 0.2) is 6.07 Å². The van der Waals surface area contributed by atoms with E-state index in [1.807, 2.05) is 19.9 Å². The first-order valence-electron chi connectivity index (χ1n) is 6.53. The molecule has 5 nitrogen and oxygen atoms in total. The van der Waals surface area contributed by atoms with Crippen molar-refractivity contribution in [1.82, 2.24) is 25.7 Å². The van der Waals surface area contributed by atoms with Crippen LogP contribution in [0.3, 0.4) is 0 Å². The molecule has 2 aromatic rings. The predicted molar refractivity (Wildman–Crippen MR) is 77.1 cm³/mol. The van der Waals surface area contributed by atoms with Crippen molar-refractivity contribution in [3.05, 3.63) is 22.5 Å². The van der Waals surface area contributed by atoms with Crippen LogP contribution in [0.1, 0.15) is 42.7 Å². The molecule has 0 saturated heterocycles. The van der Waals surface area contributed by atoms with Gasteiger partial charge in [0, 0.05) is 5.56 Å². The molecule has 0 aliphatic carbocycles. The average molecular weight is 277 g/mol. The second-order valence-electron chi connectivity index (χ2n) is 4.45.